The molecule has 16 heteroatoms. The number of carbonyl (C=O) groups is 2. The summed E-state index contributed by atoms with van der Waals surface area (Å²) in [7, 11) is 0. The molecule has 5 N–H and O–H groups in total. The summed E-state index contributed by atoms with van der Waals surface area (Å²) in [4.78, 5) is 40.7. The van der Waals surface area contributed by atoms with Gasteiger partial charge in [-0.2, -0.15) is 0 Å². The topological polar surface area (TPSA) is 138 Å². The molecule has 1 aromatic carbocycles. The number of aliphatic imine (C=N–C) groups is 2. The molecule has 1 heterocycles. The Balaban J connectivity index is 0.00000675. The van der Waals surface area contributed by atoms with E-state index in [1.54, 1.807) is 13.8 Å². The molecule has 1 fully saturated rings. The number of rotatable bonds is 10. The zero-order valence-electron chi connectivity index (χ0n) is 23.7. The van der Waals surface area contributed by atoms with Crippen LogP contribution in [0.1, 0.15) is 80.5 Å². The molecule has 2 amide bonds. The van der Waals surface area contributed by atoms with Crippen molar-refractivity contribution in [1.29, 1.82) is 0 Å². The fraction of sp³-hybridized carbons (Fsp3) is 0.593. The number of fused-ring (bicyclic) bond motifs is 1. The third-order valence-electron chi connectivity index (χ3n) is 6.91. The second-order valence-electron chi connectivity index (χ2n) is 10.9. The summed E-state index contributed by atoms with van der Waals surface area (Å²) < 4.78 is 96.9. The predicted molar refractivity (Wildman–Crippen MR) is 152 cm³/mol. The number of amidine groups is 1. The Morgan fingerprint density at radius 3 is 2.47 bits per heavy atom. The highest BCUT2D eigenvalue weighted by atomic mass is 19.3. The third-order valence-corrected chi connectivity index (χ3v) is 6.91. The number of aromatic nitrogens is 2. The lowest BCUT2D eigenvalue weighted by Gasteiger charge is -2.33. The summed E-state index contributed by atoms with van der Waals surface area (Å²) in [5.41, 5.74) is 4.53. The smallest absolute Gasteiger partial charge is 0.289 e. The number of nitrogens with one attached hydrogen (secondary N) is 3. The first kappa shape index (κ1) is 33.8. The summed E-state index contributed by atoms with van der Waals surface area (Å²) >= 11 is 0. The van der Waals surface area contributed by atoms with Crippen molar-refractivity contribution in [2.75, 3.05) is 6.54 Å². The monoisotopic (exact) mass is 627 g/mol. The Morgan fingerprint density at radius 2 is 1.91 bits per heavy atom. The number of nitrogens with two attached hydrogens (primary N) is 1. The lowest BCUT2D eigenvalue weighted by atomic mass is 9.81. The number of amides is 2. The maximum Gasteiger partial charge on any atom is 0.289 e. The second-order valence-corrected chi connectivity index (χ2v) is 10.9. The number of aromatic amines is 1. The predicted octanol–water partition coefficient (Wildman–Crippen LogP) is 5.73. The number of hydrogen-bond acceptors (Lipinski definition) is 4. The first-order valence-electron chi connectivity index (χ1n) is 13.6. The molecule has 2 atom stereocenters. The van der Waals surface area contributed by atoms with Crippen molar-refractivity contribution in [3.8, 4) is 0 Å². The highest BCUT2D eigenvalue weighted by Crippen LogP contribution is 2.41. The molecule has 0 unspecified atom stereocenters. The van der Waals surface area contributed by atoms with Crippen LogP contribution in [0.4, 0.5) is 30.7 Å². The number of nitrogens with zero attached hydrogens (tertiary/aromatic N) is 3. The van der Waals surface area contributed by atoms with Crippen LogP contribution in [0.2, 0.25) is 0 Å². The zero-order chi connectivity index (χ0) is 32.1. The zero-order valence-corrected chi connectivity index (χ0v) is 23.7. The van der Waals surface area contributed by atoms with Crippen molar-refractivity contribution in [3.63, 3.8) is 0 Å². The number of alkyl halides is 6. The molecule has 1 aliphatic rings. The van der Waals surface area contributed by atoms with Crippen LogP contribution in [0.15, 0.2) is 22.1 Å². The third kappa shape index (κ3) is 9.13. The molecular formula is C27H40F7N7O2. The van der Waals surface area contributed by atoms with Crippen molar-refractivity contribution in [3.05, 3.63) is 29.3 Å². The minimum atomic E-state index is -3.33. The molecule has 2 aromatic rings. The van der Waals surface area contributed by atoms with Crippen LogP contribution in [0.25, 0.3) is 11.0 Å². The van der Waals surface area contributed by atoms with E-state index in [0.717, 1.165) is 12.4 Å². The SMILES string of the molecule is CC(C)N=C(N=CN)C(=O)N[C@H](c1nc2c(F)c([C@@H](CC(F)F)C(=O)NCC(C)(F)F)ccc2[nH]1)C1CCC(F)(F)CC1.[HH].[HH].[HH]. The van der Waals surface area contributed by atoms with Gasteiger partial charge in [-0.1, -0.05) is 6.07 Å². The van der Waals surface area contributed by atoms with Gasteiger partial charge in [-0.25, -0.2) is 40.7 Å². The molecule has 9 nitrogen and oxygen atoms in total. The van der Waals surface area contributed by atoms with Crippen molar-refractivity contribution < 1.29 is 44.6 Å². The summed E-state index contributed by atoms with van der Waals surface area (Å²) in [6, 6.07) is 0.935. The lowest BCUT2D eigenvalue weighted by Crippen LogP contribution is -2.40. The van der Waals surface area contributed by atoms with Gasteiger partial charge in [0.25, 0.3) is 11.8 Å². The number of imidazole rings is 1. The first-order valence-corrected chi connectivity index (χ1v) is 13.6. The van der Waals surface area contributed by atoms with Crippen LogP contribution in [-0.2, 0) is 9.59 Å². The summed E-state index contributed by atoms with van der Waals surface area (Å²) in [6.45, 7) is 2.76. The molecule has 43 heavy (non-hydrogen) atoms. The Labute approximate surface area is 247 Å². The average molecular weight is 628 g/mol. The first-order chi connectivity index (χ1) is 20.0. The van der Waals surface area contributed by atoms with Gasteiger partial charge in [0.2, 0.25) is 24.1 Å². The minimum Gasteiger partial charge on any atom is -0.390 e. The number of benzene rings is 1. The molecule has 0 aliphatic heterocycles. The Hall–Kier alpha value is -3.72. The van der Waals surface area contributed by atoms with Gasteiger partial charge in [-0.15, -0.1) is 0 Å². The van der Waals surface area contributed by atoms with Crippen molar-refractivity contribution >= 4 is 35.0 Å². The van der Waals surface area contributed by atoms with E-state index >= 15 is 4.39 Å². The molecule has 1 aliphatic carbocycles. The van der Waals surface area contributed by atoms with E-state index in [1.807, 2.05) is 5.32 Å². The van der Waals surface area contributed by atoms with E-state index in [1.165, 1.54) is 6.07 Å². The number of carbonyl (C=O) groups excluding carboxylic acids is 2. The van der Waals surface area contributed by atoms with Crippen molar-refractivity contribution in [1.82, 2.24) is 20.6 Å². The Kier molecular flexibility index (Phi) is 10.8. The largest absolute Gasteiger partial charge is 0.390 e. The average Bonchev–Trinajstić information content (AvgIpc) is 3.34. The molecule has 0 radical (unpaired) electrons. The molecule has 3 rings (SSSR count). The normalized spacial score (nSPS) is 18.0. The van der Waals surface area contributed by atoms with Gasteiger partial charge in [0.1, 0.15) is 11.3 Å². The minimum absolute atomic E-state index is 0. The molecule has 1 aromatic heterocycles. The maximum atomic E-state index is 15.8. The van der Waals surface area contributed by atoms with Crippen molar-refractivity contribution in [2.45, 2.75) is 89.1 Å². The molecule has 244 valence electrons. The fourth-order valence-electron chi connectivity index (χ4n) is 4.89. The van der Waals surface area contributed by atoms with Gasteiger partial charge >= 0.3 is 0 Å². The molecule has 1 saturated carbocycles. The van der Waals surface area contributed by atoms with E-state index in [-0.39, 0.29) is 45.9 Å². The molecule has 0 saturated heterocycles. The highest BCUT2D eigenvalue weighted by Gasteiger charge is 2.40. The summed E-state index contributed by atoms with van der Waals surface area (Å²) in [6.07, 6.45) is -4.30. The number of H-pyrrole nitrogens is 1. The van der Waals surface area contributed by atoms with Gasteiger partial charge in [0.05, 0.1) is 30.4 Å². The molecular weight excluding hydrogens is 587 g/mol. The van der Waals surface area contributed by atoms with Crippen molar-refractivity contribution in [2.24, 2.45) is 21.6 Å². The summed E-state index contributed by atoms with van der Waals surface area (Å²) in [5, 5.41) is 4.55. The second kappa shape index (κ2) is 13.7. The van der Waals surface area contributed by atoms with E-state index in [2.05, 4.69) is 25.3 Å². The van der Waals surface area contributed by atoms with Crippen LogP contribution in [0, 0.1) is 11.7 Å². The van der Waals surface area contributed by atoms with E-state index < -0.39 is 85.2 Å². The van der Waals surface area contributed by atoms with Gasteiger partial charge in [0, 0.05) is 42.1 Å². The lowest BCUT2D eigenvalue weighted by molar-refractivity contribution is -0.125. The number of hydrogen-bond donors (Lipinski definition) is 4. The Bertz CT molecular complexity index is 1360. The van der Waals surface area contributed by atoms with E-state index in [4.69, 9.17) is 5.73 Å². The van der Waals surface area contributed by atoms with Gasteiger partial charge in [-0.3, -0.25) is 14.6 Å². The van der Waals surface area contributed by atoms with Crippen LogP contribution in [0.5, 0.6) is 0 Å². The van der Waals surface area contributed by atoms with Crippen LogP contribution >= 0.6 is 0 Å². The van der Waals surface area contributed by atoms with Crippen LogP contribution in [-0.4, -0.2) is 64.8 Å². The van der Waals surface area contributed by atoms with Gasteiger partial charge in [-0.05, 0) is 38.7 Å². The fourth-order valence-corrected chi connectivity index (χ4v) is 4.89. The highest BCUT2D eigenvalue weighted by molar-refractivity contribution is 6.39. The van der Waals surface area contributed by atoms with E-state index in [9.17, 15) is 35.9 Å². The van der Waals surface area contributed by atoms with Gasteiger partial charge < -0.3 is 21.4 Å². The van der Waals surface area contributed by atoms with Crippen LogP contribution < -0.4 is 16.4 Å². The van der Waals surface area contributed by atoms with E-state index in [0.29, 0.717) is 6.92 Å². The quantitative estimate of drug-likeness (QED) is 0.152. The standard InChI is InChI=1S/C27H34F7N7O2.3H2/c1-13(2)38-23(37-12-35)25(43)41-20(14-6-8-27(33,34)9-7-14)22-39-17-5-4-15(19(30)21(17)40-22)16(10-18(28)29)24(42)36-11-26(3,31)32;;;/h4-5,12-14,16,18,20H,6-11H2,1-3H3,(H,36,42)(H,39,40)(H,41,43)(H2,35,37,38);3*1H/t16-,20+;;;/m1.../s1. The van der Waals surface area contributed by atoms with Crippen LogP contribution in [0.3, 0.4) is 0 Å². The maximum absolute atomic E-state index is 15.8. The Morgan fingerprint density at radius 1 is 1.26 bits per heavy atom. The van der Waals surface area contributed by atoms with Gasteiger partial charge in [0.15, 0.2) is 5.82 Å². The number of halogens is 7. The molecule has 0 spiro atoms. The summed E-state index contributed by atoms with van der Waals surface area (Å²) in [5.74, 6) is -12.1. The molecule has 0 bridgehead atoms.